The van der Waals surface area contributed by atoms with E-state index in [1.54, 1.807) is 36.7 Å². The molecule has 4 nitrogen and oxygen atoms in total. The van der Waals surface area contributed by atoms with E-state index in [9.17, 15) is 8.42 Å². The van der Waals surface area contributed by atoms with Crippen LogP contribution >= 0.6 is 11.6 Å². The first kappa shape index (κ1) is 15.9. The highest BCUT2D eigenvalue weighted by atomic mass is 35.5. The fourth-order valence-electron chi connectivity index (χ4n) is 1.94. The number of halogens is 1. The number of aryl methyl sites for hydroxylation is 1. The number of aromatic nitrogens is 1. The van der Waals surface area contributed by atoms with Crippen LogP contribution in [0.25, 0.3) is 0 Å². The van der Waals surface area contributed by atoms with Gasteiger partial charge in [0.1, 0.15) is 0 Å². The second-order valence-corrected chi connectivity index (χ2v) is 6.92. The topological polar surface area (TPSA) is 59.1 Å². The Morgan fingerprint density at radius 2 is 1.95 bits per heavy atom. The molecule has 112 valence electrons. The molecule has 1 N–H and O–H groups in total. The summed E-state index contributed by atoms with van der Waals surface area (Å²) in [7, 11) is -3.36. The smallest absolute Gasteiger partial charge is 0.215 e. The molecule has 1 heterocycles. The first-order valence-corrected chi connectivity index (χ1v) is 8.69. The molecule has 0 atom stereocenters. The van der Waals surface area contributed by atoms with Gasteiger partial charge in [-0.05, 0) is 36.1 Å². The van der Waals surface area contributed by atoms with E-state index in [1.807, 2.05) is 12.1 Å². The summed E-state index contributed by atoms with van der Waals surface area (Å²) in [5.74, 6) is -0.0977. The molecule has 0 aliphatic carbocycles. The van der Waals surface area contributed by atoms with Crippen molar-refractivity contribution in [1.29, 1.82) is 0 Å². The summed E-state index contributed by atoms with van der Waals surface area (Å²) >= 11 is 5.97. The molecule has 0 fully saturated rings. The highest BCUT2D eigenvalue weighted by Gasteiger charge is 2.12. The first-order valence-electron chi connectivity index (χ1n) is 6.66. The van der Waals surface area contributed by atoms with Gasteiger partial charge in [-0.25, -0.2) is 13.1 Å². The lowest BCUT2D eigenvalue weighted by atomic mass is 10.2. The van der Waals surface area contributed by atoms with Gasteiger partial charge in [0.2, 0.25) is 10.0 Å². The first-order chi connectivity index (χ1) is 10.1. The van der Waals surface area contributed by atoms with E-state index >= 15 is 0 Å². The molecule has 0 saturated heterocycles. The van der Waals surface area contributed by atoms with E-state index in [1.165, 1.54) is 0 Å². The van der Waals surface area contributed by atoms with E-state index < -0.39 is 10.0 Å². The van der Waals surface area contributed by atoms with Crippen LogP contribution in [0, 0.1) is 0 Å². The minimum absolute atomic E-state index is 0.0977. The van der Waals surface area contributed by atoms with Gasteiger partial charge in [0.25, 0.3) is 0 Å². The molecule has 0 spiro atoms. The number of sulfonamides is 1. The van der Waals surface area contributed by atoms with E-state index in [4.69, 9.17) is 11.6 Å². The number of benzene rings is 1. The number of nitrogens with zero attached hydrogens (tertiary/aromatic N) is 1. The van der Waals surface area contributed by atoms with E-state index in [-0.39, 0.29) is 5.75 Å². The maximum atomic E-state index is 12.0. The SMILES string of the molecule is O=S(=O)(Cc1ccccc1Cl)NCCCc1cccnc1. The van der Waals surface area contributed by atoms with Crippen molar-refractivity contribution < 1.29 is 8.42 Å². The van der Waals surface area contributed by atoms with Crippen LogP contribution in [0.15, 0.2) is 48.8 Å². The maximum absolute atomic E-state index is 12.0. The molecule has 2 aromatic rings. The lowest BCUT2D eigenvalue weighted by molar-refractivity contribution is 0.578. The molecule has 1 aromatic heterocycles. The van der Waals surface area contributed by atoms with Crippen molar-refractivity contribution in [2.45, 2.75) is 18.6 Å². The van der Waals surface area contributed by atoms with Gasteiger partial charge in [-0.1, -0.05) is 35.9 Å². The fraction of sp³-hybridized carbons (Fsp3) is 0.267. The lowest BCUT2D eigenvalue weighted by Gasteiger charge is -2.08. The Labute approximate surface area is 130 Å². The van der Waals surface area contributed by atoms with Gasteiger partial charge in [-0.2, -0.15) is 0 Å². The molecule has 0 amide bonds. The number of hydrogen-bond acceptors (Lipinski definition) is 3. The molecule has 21 heavy (non-hydrogen) atoms. The normalized spacial score (nSPS) is 11.5. The van der Waals surface area contributed by atoms with Gasteiger partial charge in [0, 0.05) is 24.0 Å². The summed E-state index contributed by atoms with van der Waals surface area (Å²) in [5.41, 5.74) is 1.71. The van der Waals surface area contributed by atoms with E-state index in [0.717, 1.165) is 18.4 Å². The molecule has 0 aliphatic heterocycles. The van der Waals surface area contributed by atoms with Gasteiger partial charge in [-0.3, -0.25) is 4.98 Å². The molecule has 2 rings (SSSR count). The van der Waals surface area contributed by atoms with Crippen LogP contribution in [0.3, 0.4) is 0 Å². The maximum Gasteiger partial charge on any atom is 0.215 e. The summed E-state index contributed by atoms with van der Waals surface area (Å²) in [5, 5.41) is 0.471. The number of pyridine rings is 1. The zero-order valence-electron chi connectivity index (χ0n) is 11.5. The van der Waals surface area contributed by atoms with Gasteiger partial charge in [0.05, 0.1) is 5.75 Å². The van der Waals surface area contributed by atoms with E-state index in [2.05, 4.69) is 9.71 Å². The quantitative estimate of drug-likeness (QED) is 0.797. The summed E-state index contributed by atoms with van der Waals surface area (Å²) < 4.78 is 26.6. The van der Waals surface area contributed by atoms with Gasteiger partial charge >= 0.3 is 0 Å². The van der Waals surface area contributed by atoms with E-state index in [0.29, 0.717) is 17.1 Å². The number of rotatable bonds is 7. The lowest BCUT2D eigenvalue weighted by Crippen LogP contribution is -2.26. The molecule has 0 bridgehead atoms. The second kappa shape index (κ2) is 7.54. The van der Waals surface area contributed by atoms with Crippen molar-refractivity contribution in [3.05, 3.63) is 64.9 Å². The van der Waals surface area contributed by atoms with Crippen molar-refractivity contribution in [2.75, 3.05) is 6.54 Å². The molecule has 0 saturated carbocycles. The van der Waals surface area contributed by atoms with Crippen molar-refractivity contribution in [3.63, 3.8) is 0 Å². The third-order valence-electron chi connectivity index (χ3n) is 2.99. The highest BCUT2D eigenvalue weighted by molar-refractivity contribution is 7.88. The number of hydrogen-bond donors (Lipinski definition) is 1. The van der Waals surface area contributed by atoms with Gasteiger partial charge in [0.15, 0.2) is 0 Å². The Hall–Kier alpha value is -1.43. The third-order valence-corrected chi connectivity index (χ3v) is 4.69. The Kier molecular flexibility index (Phi) is 5.73. The Bertz CT molecular complexity index is 675. The van der Waals surface area contributed by atoms with Crippen LogP contribution in [0.1, 0.15) is 17.5 Å². The predicted octanol–water partition coefficient (Wildman–Crippen LogP) is 2.79. The monoisotopic (exact) mass is 324 g/mol. The molecule has 0 aliphatic rings. The fourth-order valence-corrected chi connectivity index (χ4v) is 3.44. The summed E-state index contributed by atoms with van der Waals surface area (Å²) in [6.07, 6.45) is 5.03. The average molecular weight is 325 g/mol. The summed E-state index contributed by atoms with van der Waals surface area (Å²) in [4.78, 5) is 4.02. The largest absolute Gasteiger partial charge is 0.264 e. The summed E-state index contributed by atoms with van der Waals surface area (Å²) in [6.45, 7) is 0.404. The second-order valence-electron chi connectivity index (χ2n) is 4.71. The third kappa shape index (κ3) is 5.46. The highest BCUT2D eigenvalue weighted by Crippen LogP contribution is 2.17. The molecule has 1 aromatic carbocycles. The van der Waals surface area contributed by atoms with Crippen LogP contribution in [0.5, 0.6) is 0 Å². The Balaban J connectivity index is 1.81. The van der Waals surface area contributed by atoms with Crippen molar-refractivity contribution in [1.82, 2.24) is 9.71 Å². The van der Waals surface area contributed by atoms with Crippen LogP contribution in [0.2, 0.25) is 5.02 Å². The molecule has 0 unspecified atom stereocenters. The van der Waals surface area contributed by atoms with Crippen molar-refractivity contribution in [3.8, 4) is 0 Å². The minimum atomic E-state index is -3.36. The van der Waals surface area contributed by atoms with Crippen molar-refractivity contribution >= 4 is 21.6 Å². The van der Waals surface area contributed by atoms with Gasteiger partial charge < -0.3 is 0 Å². The Morgan fingerprint density at radius 1 is 1.14 bits per heavy atom. The standard InChI is InChI=1S/C15H17ClN2O2S/c16-15-8-2-1-7-14(15)12-21(19,20)18-10-4-6-13-5-3-9-17-11-13/h1-3,5,7-9,11,18H,4,6,10,12H2. The molecule has 6 heteroatoms. The van der Waals surface area contributed by atoms with Crippen molar-refractivity contribution in [2.24, 2.45) is 0 Å². The minimum Gasteiger partial charge on any atom is -0.264 e. The molecular formula is C15H17ClN2O2S. The van der Waals surface area contributed by atoms with Gasteiger partial charge in [-0.15, -0.1) is 0 Å². The molecule has 0 radical (unpaired) electrons. The summed E-state index contributed by atoms with van der Waals surface area (Å²) in [6, 6.07) is 10.8. The van der Waals surface area contributed by atoms with Crippen LogP contribution in [-0.4, -0.2) is 19.9 Å². The zero-order chi connectivity index (χ0) is 15.1. The van der Waals surface area contributed by atoms with Crippen LogP contribution in [-0.2, 0) is 22.2 Å². The number of nitrogens with one attached hydrogen (secondary N) is 1. The van der Waals surface area contributed by atoms with Crippen LogP contribution < -0.4 is 4.72 Å². The zero-order valence-corrected chi connectivity index (χ0v) is 13.1. The predicted molar refractivity (Wildman–Crippen MR) is 84.6 cm³/mol. The Morgan fingerprint density at radius 3 is 2.67 bits per heavy atom. The molecular weight excluding hydrogens is 308 g/mol. The average Bonchev–Trinajstić information content (AvgIpc) is 2.47. The van der Waals surface area contributed by atoms with Crippen LogP contribution in [0.4, 0.5) is 0 Å².